The van der Waals surface area contributed by atoms with Crippen LogP contribution in [0, 0.1) is 10.1 Å². The van der Waals surface area contributed by atoms with Gasteiger partial charge in [0.05, 0.1) is 4.92 Å². The van der Waals surface area contributed by atoms with Gasteiger partial charge in [-0.15, -0.1) is 0 Å². The Balaban J connectivity index is 2.30. The van der Waals surface area contributed by atoms with E-state index in [9.17, 15) is 10.1 Å². The molecule has 5 nitrogen and oxygen atoms in total. The van der Waals surface area contributed by atoms with Crippen LogP contribution in [0.4, 0.5) is 11.4 Å². The molecule has 0 aliphatic rings. The van der Waals surface area contributed by atoms with E-state index in [-0.39, 0.29) is 5.69 Å². The van der Waals surface area contributed by atoms with Crippen LogP contribution in [0.1, 0.15) is 0 Å². The van der Waals surface area contributed by atoms with E-state index >= 15 is 0 Å². The number of pyridine rings is 1. The first kappa shape index (κ1) is 11.4. The molecule has 0 spiro atoms. The Morgan fingerprint density at radius 3 is 2.53 bits per heavy atom. The van der Waals surface area contributed by atoms with Crippen LogP contribution in [0.2, 0.25) is 0 Å². The molecule has 1 heterocycles. The summed E-state index contributed by atoms with van der Waals surface area (Å²) in [6.45, 7) is 0. The Bertz CT molecular complexity index is 546. The molecule has 0 aliphatic heterocycles. The fraction of sp³-hybridized carbons (Fsp3) is 0. The number of nitrogens with two attached hydrogens (primary N) is 1. The first-order valence-corrected chi connectivity index (χ1v) is 5.59. The Hall–Kier alpha value is -2.08. The fourth-order valence-electron chi connectivity index (χ4n) is 1.31. The van der Waals surface area contributed by atoms with Gasteiger partial charge in [0.25, 0.3) is 5.69 Å². The Morgan fingerprint density at radius 2 is 1.88 bits per heavy atom. The monoisotopic (exact) mass is 247 g/mol. The number of anilines is 1. The van der Waals surface area contributed by atoms with Gasteiger partial charge in [-0.3, -0.25) is 15.1 Å². The maximum atomic E-state index is 10.7. The number of aromatic nitrogens is 1. The third-order valence-electron chi connectivity index (χ3n) is 2.01. The molecule has 17 heavy (non-hydrogen) atoms. The van der Waals surface area contributed by atoms with Crippen molar-refractivity contribution in [3.05, 3.63) is 52.8 Å². The maximum Gasteiger partial charge on any atom is 0.272 e. The van der Waals surface area contributed by atoms with Crippen molar-refractivity contribution in [1.82, 2.24) is 4.98 Å². The molecule has 86 valence electrons. The molecule has 2 rings (SSSR count). The topological polar surface area (TPSA) is 82.0 Å². The van der Waals surface area contributed by atoms with Gasteiger partial charge in [0, 0.05) is 40.0 Å². The number of non-ortho nitro benzene ring substituents is 1. The average Bonchev–Trinajstić information content (AvgIpc) is 2.29. The number of benzene rings is 1. The summed E-state index contributed by atoms with van der Waals surface area (Å²) in [4.78, 5) is 15.8. The van der Waals surface area contributed by atoms with E-state index in [1.165, 1.54) is 23.9 Å². The summed E-state index contributed by atoms with van der Waals surface area (Å²) >= 11 is 1.41. The number of nitro groups is 1. The quantitative estimate of drug-likeness (QED) is 0.512. The fourth-order valence-corrected chi connectivity index (χ4v) is 2.22. The third-order valence-corrected chi connectivity index (χ3v) is 2.99. The molecule has 2 N–H and O–H groups in total. The van der Waals surface area contributed by atoms with Crippen molar-refractivity contribution in [2.75, 3.05) is 5.73 Å². The van der Waals surface area contributed by atoms with Crippen LogP contribution < -0.4 is 5.73 Å². The minimum atomic E-state index is -0.451. The average molecular weight is 247 g/mol. The maximum absolute atomic E-state index is 10.7. The summed E-state index contributed by atoms with van der Waals surface area (Å²) in [5, 5.41) is 10.7. The van der Waals surface area contributed by atoms with Gasteiger partial charge in [0.15, 0.2) is 0 Å². The summed E-state index contributed by atoms with van der Waals surface area (Å²) in [5.74, 6) is 0. The van der Waals surface area contributed by atoms with Gasteiger partial charge in [-0.05, 0) is 18.2 Å². The molecule has 0 saturated carbocycles. The van der Waals surface area contributed by atoms with Gasteiger partial charge < -0.3 is 5.73 Å². The van der Waals surface area contributed by atoms with E-state index in [1.807, 2.05) is 12.1 Å². The minimum Gasteiger partial charge on any atom is -0.398 e. The van der Waals surface area contributed by atoms with Crippen LogP contribution in [0.25, 0.3) is 0 Å². The normalized spacial score (nSPS) is 10.1. The van der Waals surface area contributed by atoms with Crippen molar-refractivity contribution in [3.63, 3.8) is 0 Å². The Labute approximate surface area is 102 Å². The van der Waals surface area contributed by atoms with E-state index in [1.54, 1.807) is 18.5 Å². The summed E-state index contributed by atoms with van der Waals surface area (Å²) in [6.07, 6.45) is 3.34. The van der Waals surface area contributed by atoms with Crippen LogP contribution in [0.15, 0.2) is 52.5 Å². The van der Waals surface area contributed by atoms with Crippen LogP contribution in [0.3, 0.4) is 0 Å². The highest BCUT2D eigenvalue weighted by Gasteiger charge is 2.09. The summed E-state index contributed by atoms with van der Waals surface area (Å²) in [5.41, 5.74) is 6.01. The zero-order chi connectivity index (χ0) is 12.3. The zero-order valence-corrected chi connectivity index (χ0v) is 9.55. The number of rotatable bonds is 3. The van der Waals surface area contributed by atoms with Crippen molar-refractivity contribution in [3.8, 4) is 0 Å². The van der Waals surface area contributed by atoms with E-state index in [0.29, 0.717) is 5.69 Å². The van der Waals surface area contributed by atoms with Crippen LogP contribution >= 0.6 is 11.8 Å². The number of nitrogen functional groups attached to an aromatic ring is 1. The molecule has 0 amide bonds. The van der Waals surface area contributed by atoms with Crippen molar-refractivity contribution < 1.29 is 4.92 Å². The number of nitro benzene ring substituents is 1. The van der Waals surface area contributed by atoms with Crippen molar-refractivity contribution in [1.29, 1.82) is 0 Å². The van der Waals surface area contributed by atoms with Crippen LogP contribution in [0.5, 0.6) is 0 Å². The van der Waals surface area contributed by atoms with Gasteiger partial charge in [-0.1, -0.05) is 11.8 Å². The summed E-state index contributed by atoms with van der Waals surface area (Å²) < 4.78 is 0. The molecular weight excluding hydrogens is 238 g/mol. The van der Waals surface area contributed by atoms with Gasteiger partial charge in [-0.2, -0.15) is 0 Å². The lowest BCUT2D eigenvalue weighted by molar-refractivity contribution is -0.385. The van der Waals surface area contributed by atoms with Crippen molar-refractivity contribution in [2.24, 2.45) is 0 Å². The zero-order valence-electron chi connectivity index (χ0n) is 8.74. The number of nitrogens with zero attached hydrogens (tertiary/aromatic N) is 2. The Morgan fingerprint density at radius 1 is 1.18 bits per heavy atom. The summed E-state index contributed by atoms with van der Waals surface area (Å²) in [7, 11) is 0. The second-order valence-electron chi connectivity index (χ2n) is 3.30. The summed E-state index contributed by atoms with van der Waals surface area (Å²) in [6, 6.07) is 8.22. The minimum absolute atomic E-state index is 0.00144. The third kappa shape index (κ3) is 2.94. The standard InChI is InChI=1S/C11H9N3O2S/c12-8-5-9(14(15)16)7-11(6-8)17-10-1-3-13-4-2-10/h1-7H,12H2. The number of hydrogen-bond donors (Lipinski definition) is 1. The first-order chi connectivity index (χ1) is 8.15. The van der Waals surface area contributed by atoms with E-state index < -0.39 is 4.92 Å². The molecule has 0 unspecified atom stereocenters. The van der Waals surface area contributed by atoms with Gasteiger partial charge in [0.1, 0.15) is 0 Å². The highest BCUT2D eigenvalue weighted by molar-refractivity contribution is 7.99. The molecule has 1 aromatic carbocycles. The SMILES string of the molecule is Nc1cc(Sc2ccncc2)cc([N+](=O)[O-])c1. The van der Waals surface area contributed by atoms with Crippen LogP contribution in [-0.4, -0.2) is 9.91 Å². The largest absolute Gasteiger partial charge is 0.398 e. The molecule has 0 saturated heterocycles. The van der Waals surface area contributed by atoms with Gasteiger partial charge in [-0.25, -0.2) is 0 Å². The molecule has 0 radical (unpaired) electrons. The second kappa shape index (κ2) is 4.84. The van der Waals surface area contributed by atoms with E-state index in [4.69, 9.17) is 5.73 Å². The van der Waals surface area contributed by atoms with Crippen molar-refractivity contribution >= 4 is 23.1 Å². The lowest BCUT2D eigenvalue weighted by Gasteiger charge is -2.02. The molecule has 0 atom stereocenters. The van der Waals surface area contributed by atoms with Gasteiger partial charge >= 0.3 is 0 Å². The second-order valence-corrected chi connectivity index (χ2v) is 4.45. The smallest absolute Gasteiger partial charge is 0.272 e. The predicted octanol–water partition coefficient (Wildman–Crippen LogP) is 2.72. The van der Waals surface area contributed by atoms with Crippen LogP contribution in [-0.2, 0) is 0 Å². The molecule has 0 bridgehead atoms. The first-order valence-electron chi connectivity index (χ1n) is 4.78. The van der Waals surface area contributed by atoms with Crippen molar-refractivity contribution in [2.45, 2.75) is 9.79 Å². The molecule has 0 fully saturated rings. The Kier molecular flexibility index (Phi) is 3.24. The highest BCUT2D eigenvalue weighted by atomic mass is 32.2. The van der Waals surface area contributed by atoms with E-state index in [0.717, 1.165) is 9.79 Å². The molecule has 1 aromatic heterocycles. The molecule has 6 heteroatoms. The van der Waals surface area contributed by atoms with Gasteiger partial charge in [0.2, 0.25) is 0 Å². The highest BCUT2D eigenvalue weighted by Crippen LogP contribution is 2.31. The molecular formula is C11H9N3O2S. The predicted molar refractivity (Wildman–Crippen MR) is 65.9 cm³/mol. The molecule has 0 aliphatic carbocycles. The van der Waals surface area contributed by atoms with E-state index in [2.05, 4.69) is 4.98 Å². The lowest BCUT2D eigenvalue weighted by atomic mass is 10.3. The lowest BCUT2D eigenvalue weighted by Crippen LogP contribution is -1.92. The number of hydrogen-bond acceptors (Lipinski definition) is 5. The molecule has 2 aromatic rings.